The number of hydrogen-bond donors (Lipinski definition) is 0. The molecule has 0 heteroatoms. The first-order valence-corrected chi connectivity index (χ1v) is 6.13. The van der Waals surface area contributed by atoms with Gasteiger partial charge < -0.3 is 0 Å². The molecule has 74 valence electrons. The summed E-state index contributed by atoms with van der Waals surface area (Å²) in [6, 6.07) is 0. The average molecular weight is 178 g/mol. The van der Waals surface area contributed by atoms with Gasteiger partial charge in [-0.25, -0.2) is 0 Å². The fourth-order valence-corrected chi connectivity index (χ4v) is 2.78. The smallest absolute Gasteiger partial charge is 0.0228 e. The number of fused-ring (bicyclic) bond motifs is 2. The van der Waals surface area contributed by atoms with E-state index in [9.17, 15) is 0 Å². The Morgan fingerprint density at radius 2 is 1.00 bits per heavy atom. The fraction of sp³-hybridized carbons (Fsp3) is 0.846. The van der Waals surface area contributed by atoms with Gasteiger partial charge in [-0.1, -0.05) is 50.7 Å². The van der Waals surface area contributed by atoms with Crippen LogP contribution in [0.5, 0.6) is 0 Å². The Labute approximate surface area is 82.4 Å². The zero-order valence-corrected chi connectivity index (χ0v) is 8.67. The molecule has 0 saturated heterocycles. The number of hydrogen-bond acceptors (Lipinski definition) is 0. The summed E-state index contributed by atoms with van der Waals surface area (Å²) in [7, 11) is 0. The van der Waals surface area contributed by atoms with Gasteiger partial charge in [-0.3, -0.25) is 0 Å². The second kappa shape index (κ2) is 4.83. The van der Waals surface area contributed by atoms with Crippen LogP contribution in [0.15, 0.2) is 12.2 Å². The van der Waals surface area contributed by atoms with Crippen LogP contribution in [0.3, 0.4) is 0 Å². The summed E-state index contributed by atoms with van der Waals surface area (Å²) in [4.78, 5) is 0. The molecule has 2 unspecified atom stereocenters. The molecule has 0 spiro atoms. The third-order valence-electron chi connectivity index (χ3n) is 3.67. The van der Waals surface area contributed by atoms with Gasteiger partial charge in [0.15, 0.2) is 0 Å². The van der Waals surface area contributed by atoms with E-state index in [2.05, 4.69) is 12.2 Å². The SMILES string of the molecule is C1=CC2CCC1C2.C1CCCCC1. The van der Waals surface area contributed by atoms with Crippen LogP contribution in [-0.2, 0) is 0 Å². The van der Waals surface area contributed by atoms with Crippen molar-refractivity contribution in [1.82, 2.24) is 0 Å². The second-order valence-corrected chi connectivity index (χ2v) is 4.84. The van der Waals surface area contributed by atoms with Gasteiger partial charge in [-0.05, 0) is 31.1 Å². The van der Waals surface area contributed by atoms with Crippen molar-refractivity contribution in [2.75, 3.05) is 0 Å². The van der Waals surface area contributed by atoms with Gasteiger partial charge in [0, 0.05) is 0 Å². The molecule has 0 aromatic carbocycles. The quantitative estimate of drug-likeness (QED) is 0.485. The maximum atomic E-state index is 2.38. The third-order valence-corrected chi connectivity index (χ3v) is 3.67. The Balaban J connectivity index is 0.000000102. The molecule has 2 bridgehead atoms. The lowest BCUT2D eigenvalue weighted by molar-refractivity contribution is 0.504. The Morgan fingerprint density at radius 1 is 0.615 bits per heavy atom. The van der Waals surface area contributed by atoms with E-state index >= 15 is 0 Å². The van der Waals surface area contributed by atoms with E-state index in [4.69, 9.17) is 0 Å². The summed E-state index contributed by atoms with van der Waals surface area (Å²) >= 11 is 0. The summed E-state index contributed by atoms with van der Waals surface area (Å²) in [6.07, 6.45) is 18.2. The van der Waals surface area contributed by atoms with Crippen LogP contribution >= 0.6 is 0 Å². The maximum absolute atomic E-state index is 2.38. The molecule has 3 aliphatic carbocycles. The van der Waals surface area contributed by atoms with Gasteiger partial charge >= 0.3 is 0 Å². The van der Waals surface area contributed by atoms with Crippen molar-refractivity contribution in [2.24, 2.45) is 11.8 Å². The first kappa shape index (κ1) is 9.30. The van der Waals surface area contributed by atoms with Crippen molar-refractivity contribution >= 4 is 0 Å². The average Bonchev–Trinajstić information content (AvgIpc) is 2.85. The first-order chi connectivity index (χ1) is 6.45. The van der Waals surface area contributed by atoms with Crippen LogP contribution in [0, 0.1) is 11.8 Å². The number of rotatable bonds is 0. The molecule has 2 saturated carbocycles. The van der Waals surface area contributed by atoms with Gasteiger partial charge in [0.1, 0.15) is 0 Å². The van der Waals surface area contributed by atoms with E-state index in [1.807, 2.05) is 0 Å². The molecule has 2 fully saturated rings. The highest BCUT2D eigenvalue weighted by Gasteiger charge is 2.25. The van der Waals surface area contributed by atoms with Crippen molar-refractivity contribution in [3.05, 3.63) is 12.2 Å². The molecule has 0 radical (unpaired) electrons. The monoisotopic (exact) mass is 178 g/mol. The van der Waals surface area contributed by atoms with Gasteiger partial charge in [-0.15, -0.1) is 0 Å². The molecule has 0 heterocycles. The summed E-state index contributed by atoms with van der Waals surface area (Å²) in [5.74, 6) is 1.98. The van der Waals surface area contributed by atoms with Crippen molar-refractivity contribution in [2.45, 2.75) is 57.8 Å². The van der Waals surface area contributed by atoms with E-state index < -0.39 is 0 Å². The molecule has 0 amide bonds. The minimum atomic E-state index is 0.991. The van der Waals surface area contributed by atoms with Gasteiger partial charge in [0.2, 0.25) is 0 Å². The van der Waals surface area contributed by atoms with Crippen molar-refractivity contribution in [3.63, 3.8) is 0 Å². The van der Waals surface area contributed by atoms with Crippen molar-refractivity contribution in [1.29, 1.82) is 0 Å². The lowest BCUT2D eigenvalue weighted by Gasteiger charge is -2.05. The Kier molecular flexibility index (Phi) is 3.46. The molecule has 0 nitrogen and oxygen atoms in total. The van der Waals surface area contributed by atoms with Crippen LogP contribution < -0.4 is 0 Å². The summed E-state index contributed by atoms with van der Waals surface area (Å²) in [5.41, 5.74) is 0. The lowest BCUT2D eigenvalue weighted by atomic mass is 10.0. The van der Waals surface area contributed by atoms with Crippen LogP contribution in [0.1, 0.15) is 57.8 Å². The van der Waals surface area contributed by atoms with Crippen molar-refractivity contribution < 1.29 is 0 Å². The Hall–Kier alpha value is -0.260. The molecule has 0 aromatic heterocycles. The highest BCUT2D eigenvalue weighted by Crippen LogP contribution is 2.38. The van der Waals surface area contributed by atoms with Crippen LogP contribution in [0.2, 0.25) is 0 Å². The molecule has 3 rings (SSSR count). The third kappa shape index (κ3) is 2.86. The number of allylic oxidation sites excluding steroid dienone is 2. The molecule has 0 aromatic rings. The van der Waals surface area contributed by atoms with Crippen LogP contribution in [-0.4, -0.2) is 0 Å². The zero-order chi connectivity index (χ0) is 8.93. The summed E-state index contributed by atoms with van der Waals surface area (Å²) in [5, 5.41) is 0. The van der Waals surface area contributed by atoms with Crippen molar-refractivity contribution in [3.8, 4) is 0 Å². The van der Waals surface area contributed by atoms with Gasteiger partial charge in [0.05, 0.1) is 0 Å². The molecular formula is C13H22. The largest absolute Gasteiger partial charge is 0.0851 e. The molecule has 0 aliphatic heterocycles. The van der Waals surface area contributed by atoms with E-state index in [0.29, 0.717) is 0 Å². The highest BCUT2D eigenvalue weighted by atomic mass is 14.3. The van der Waals surface area contributed by atoms with E-state index in [1.165, 1.54) is 57.8 Å². The second-order valence-electron chi connectivity index (χ2n) is 4.84. The molecule has 3 aliphatic rings. The Morgan fingerprint density at radius 3 is 1.15 bits per heavy atom. The fourth-order valence-electron chi connectivity index (χ4n) is 2.78. The van der Waals surface area contributed by atoms with Gasteiger partial charge in [-0.2, -0.15) is 0 Å². The van der Waals surface area contributed by atoms with E-state index in [0.717, 1.165) is 11.8 Å². The predicted octanol–water partition coefficient (Wildman–Crippen LogP) is 4.31. The normalized spacial score (nSPS) is 35.7. The standard InChI is InChI=1S/C7H10.C6H12/c1-2-7-4-3-6(1)5-7;1-2-4-6-5-3-1/h1-2,6-7H,3-5H2;1-6H2. The zero-order valence-electron chi connectivity index (χ0n) is 8.67. The highest BCUT2D eigenvalue weighted by molar-refractivity contribution is 5.06. The first-order valence-electron chi connectivity index (χ1n) is 6.13. The molecule has 2 atom stereocenters. The molecule has 0 N–H and O–H groups in total. The molecule has 13 heavy (non-hydrogen) atoms. The lowest BCUT2D eigenvalue weighted by Crippen LogP contribution is -1.85. The Bertz CT molecular complexity index is 141. The summed E-state index contributed by atoms with van der Waals surface area (Å²) in [6.45, 7) is 0. The summed E-state index contributed by atoms with van der Waals surface area (Å²) < 4.78 is 0. The van der Waals surface area contributed by atoms with E-state index in [-0.39, 0.29) is 0 Å². The predicted molar refractivity (Wildman–Crippen MR) is 57.7 cm³/mol. The maximum Gasteiger partial charge on any atom is -0.0228 e. The topological polar surface area (TPSA) is 0 Å². The van der Waals surface area contributed by atoms with Crippen LogP contribution in [0.25, 0.3) is 0 Å². The van der Waals surface area contributed by atoms with Crippen LogP contribution in [0.4, 0.5) is 0 Å². The molecular weight excluding hydrogens is 156 g/mol. The van der Waals surface area contributed by atoms with Gasteiger partial charge in [0.25, 0.3) is 0 Å². The minimum Gasteiger partial charge on any atom is -0.0851 e. The minimum absolute atomic E-state index is 0.991. The van der Waals surface area contributed by atoms with E-state index in [1.54, 1.807) is 0 Å².